The van der Waals surface area contributed by atoms with Crippen LogP contribution in [0.1, 0.15) is 12.8 Å². The molecule has 2 heterocycles. The van der Waals surface area contributed by atoms with Crippen molar-refractivity contribution in [3.63, 3.8) is 0 Å². The zero-order valence-electron chi connectivity index (χ0n) is 7.69. The number of carbonyl (C=O) groups is 2. The maximum atomic E-state index is 11.3. The first-order valence-corrected chi connectivity index (χ1v) is 5.12. The van der Waals surface area contributed by atoms with Crippen molar-refractivity contribution in [2.75, 3.05) is 11.1 Å². The topological polar surface area (TPSA) is 110 Å². The summed E-state index contributed by atoms with van der Waals surface area (Å²) in [6.45, 7) is 0. The van der Waals surface area contributed by atoms with Gasteiger partial charge in [0.2, 0.25) is 22.9 Å². The van der Waals surface area contributed by atoms with Crippen molar-refractivity contribution in [3.05, 3.63) is 0 Å². The second kappa shape index (κ2) is 3.81. The summed E-state index contributed by atoms with van der Waals surface area (Å²) in [5, 5.41) is 5.60. The average molecular weight is 227 g/mol. The van der Waals surface area contributed by atoms with E-state index in [0.717, 1.165) is 11.5 Å². The molecule has 15 heavy (non-hydrogen) atoms. The molecule has 2 rings (SSSR count). The van der Waals surface area contributed by atoms with Crippen LogP contribution in [0.2, 0.25) is 0 Å². The van der Waals surface area contributed by atoms with E-state index in [1.807, 2.05) is 0 Å². The van der Waals surface area contributed by atoms with Gasteiger partial charge in [-0.1, -0.05) is 0 Å². The van der Waals surface area contributed by atoms with Crippen LogP contribution in [0, 0.1) is 0 Å². The standard InChI is InChI=1S/C7H9N5O2S/c8-6-11-7(15-12-6)9-3-1-2-4(13)10-5(3)14/h3H,1-2H2,(H,10,13,14)(H3,8,9,11,12). The molecular weight excluding hydrogens is 218 g/mol. The highest BCUT2D eigenvalue weighted by Crippen LogP contribution is 2.16. The molecule has 4 N–H and O–H groups in total. The second-order valence-corrected chi connectivity index (χ2v) is 3.86. The van der Waals surface area contributed by atoms with Crippen molar-refractivity contribution in [3.8, 4) is 0 Å². The number of imide groups is 1. The first-order valence-electron chi connectivity index (χ1n) is 4.34. The van der Waals surface area contributed by atoms with E-state index in [-0.39, 0.29) is 17.8 Å². The van der Waals surface area contributed by atoms with Crippen LogP contribution < -0.4 is 16.4 Å². The van der Waals surface area contributed by atoms with Gasteiger partial charge in [0.25, 0.3) is 0 Å². The highest BCUT2D eigenvalue weighted by Gasteiger charge is 2.26. The van der Waals surface area contributed by atoms with Crippen LogP contribution in [0.4, 0.5) is 11.1 Å². The summed E-state index contributed by atoms with van der Waals surface area (Å²) in [7, 11) is 0. The second-order valence-electron chi connectivity index (χ2n) is 3.11. The number of carbonyl (C=O) groups excluding carboxylic acids is 2. The van der Waals surface area contributed by atoms with Gasteiger partial charge in [-0.05, 0) is 6.42 Å². The molecule has 1 aromatic heterocycles. The van der Waals surface area contributed by atoms with E-state index in [4.69, 9.17) is 5.73 Å². The summed E-state index contributed by atoms with van der Waals surface area (Å²) < 4.78 is 3.77. The molecule has 1 aliphatic heterocycles. The number of aromatic nitrogens is 2. The molecule has 80 valence electrons. The number of amides is 2. The minimum absolute atomic E-state index is 0.176. The fraction of sp³-hybridized carbons (Fsp3) is 0.429. The van der Waals surface area contributed by atoms with Crippen LogP contribution in [-0.4, -0.2) is 27.2 Å². The van der Waals surface area contributed by atoms with Crippen molar-refractivity contribution in [2.45, 2.75) is 18.9 Å². The Morgan fingerprint density at radius 2 is 2.33 bits per heavy atom. The summed E-state index contributed by atoms with van der Waals surface area (Å²) in [6.07, 6.45) is 0.793. The lowest BCUT2D eigenvalue weighted by atomic mass is 10.1. The molecule has 1 saturated heterocycles. The fourth-order valence-electron chi connectivity index (χ4n) is 1.27. The van der Waals surface area contributed by atoms with Gasteiger partial charge in [-0.15, -0.1) is 0 Å². The predicted molar refractivity (Wildman–Crippen MR) is 54.1 cm³/mol. The number of nitrogens with two attached hydrogens (primary N) is 1. The molecule has 2 amide bonds. The van der Waals surface area contributed by atoms with Gasteiger partial charge in [0.15, 0.2) is 0 Å². The van der Waals surface area contributed by atoms with E-state index in [2.05, 4.69) is 20.0 Å². The molecular formula is C7H9N5O2S. The van der Waals surface area contributed by atoms with Gasteiger partial charge >= 0.3 is 0 Å². The monoisotopic (exact) mass is 227 g/mol. The third kappa shape index (κ3) is 2.21. The highest BCUT2D eigenvalue weighted by molar-refractivity contribution is 7.09. The summed E-state index contributed by atoms with van der Waals surface area (Å²) in [5.41, 5.74) is 5.33. The van der Waals surface area contributed by atoms with Crippen LogP contribution in [0.15, 0.2) is 0 Å². The van der Waals surface area contributed by atoms with Gasteiger partial charge in [-0.2, -0.15) is 9.36 Å². The van der Waals surface area contributed by atoms with E-state index >= 15 is 0 Å². The first-order chi connectivity index (χ1) is 7.15. The fourth-order valence-corrected chi connectivity index (χ4v) is 1.82. The molecule has 1 fully saturated rings. The van der Waals surface area contributed by atoms with Crippen molar-refractivity contribution >= 4 is 34.4 Å². The Morgan fingerprint density at radius 3 is 2.93 bits per heavy atom. The van der Waals surface area contributed by atoms with E-state index < -0.39 is 6.04 Å². The van der Waals surface area contributed by atoms with Crippen LogP contribution in [0.25, 0.3) is 0 Å². The van der Waals surface area contributed by atoms with Crippen LogP contribution in [0.3, 0.4) is 0 Å². The van der Waals surface area contributed by atoms with E-state index in [9.17, 15) is 9.59 Å². The molecule has 0 bridgehead atoms. The molecule has 1 aliphatic rings. The van der Waals surface area contributed by atoms with E-state index in [1.165, 1.54) is 0 Å². The molecule has 0 aromatic carbocycles. The molecule has 0 spiro atoms. The predicted octanol–water partition coefficient (Wildman–Crippen LogP) is -0.663. The van der Waals surface area contributed by atoms with Gasteiger partial charge in [0.1, 0.15) is 6.04 Å². The zero-order chi connectivity index (χ0) is 10.8. The van der Waals surface area contributed by atoms with Gasteiger partial charge in [-0.3, -0.25) is 14.9 Å². The third-order valence-electron chi connectivity index (χ3n) is 1.98. The Kier molecular flexibility index (Phi) is 2.50. The molecule has 0 radical (unpaired) electrons. The maximum Gasteiger partial charge on any atom is 0.249 e. The molecule has 0 aliphatic carbocycles. The van der Waals surface area contributed by atoms with Gasteiger partial charge < -0.3 is 11.1 Å². The van der Waals surface area contributed by atoms with E-state index in [0.29, 0.717) is 18.0 Å². The van der Waals surface area contributed by atoms with Crippen LogP contribution >= 0.6 is 11.5 Å². The molecule has 8 heteroatoms. The van der Waals surface area contributed by atoms with Gasteiger partial charge in [-0.25, -0.2) is 0 Å². The molecule has 1 unspecified atom stereocenters. The minimum atomic E-state index is -0.435. The summed E-state index contributed by atoms with van der Waals surface area (Å²) >= 11 is 1.08. The van der Waals surface area contributed by atoms with Crippen molar-refractivity contribution in [2.24, 2.45) is 0 Å². The number of hydrogen-bond acceptors (Lipinski definition) is 7. The Balaban J connectivity index is 2.00. The smallest absolute Gasteiger partial charge is 0.249 e. The van der Waals surface area contributed by atoms with Gasteiger partial charge in [0, 0.05) is 18.0 Å². The number of nitrogen functional groups attached to an aromatic ring is 1. The zero-order valence-corrected chi connectivity index (χ0v) is 8.50. The Bertz CT molecular complexity index is 404. The summed E-state index contributed by atoms with van der Waals surface area (Å²) in [5.74, 6) is -0.398. The summed E-state index contributed by atoms with van der Waals surface area (Å²) in [4.78, 5) is 26.1. The Hall–Kier alpha value is -1.70. The van der Waals surface area contributed by atoms with Crippen LogP contribution in [-0.2, 0) is 9.59 Å². The SMILES string of the molecule is Nc1nsc(NC2CCC(=O)NC2=O)n1. The Morgan fingerprint density at radius 1 is 1.53 bits per heavy atom. The molecule has 1 atom stereocenters. The lowest BCUT2D eigenvalue weighted by Gasteiger charge is -2.20. The normalized spacial score (nSPS) is 21.2. The third-order valence-corrected chi connectivity index (χ3v) is 2.64. The lowest BCUT2D eigenvalue weighted by Crippen LogP contribution is -2.47. The molecule has 1 aromatic rings. The molecule has 0 saturated carbocycles. The van der Waals surface area contributed by atoms with Gasteiger partial charge in [0.05, 0.1) is 0 Å². The highest BCUT2D eigenvalue weighted by atomic mass is 32.1. The number of rotatable bonds is 2. The maximum absolute atomic E-state index is 11.3. The van der Waals surface area contributed by atoms with Crippen molar-refractivity contribution < 1.29 is 9.59 Å². The van der Waals surface area contributed by atoms with Crippen LogP contribution in [0.5, 0.6) is 0 Å². The number of nitrogens with zero attached hydrogens (tertiary/aromatic N) is 2. The molecule has 7 nitrogen and oxygen atoms in total. The summed E-state index contributed by atoms with van der Waals surface area (Å²) in [6, 6.07) is -0.435. The number of piperidine rings is 1. The van der Waals surface area contributed by atoms with E-state index in [1.54, 1.807) is 0 Å². The minimum Gasteiger partial charge on any atom is -0.367 e. The van der Waals surface area contributed by atoms with Crippen molar-refractivity contribution in [1.82, 2.24) is 14.7 Å². The lowest BCUT2D eigenvalue weighted by molar-refractivity contribution is -0.133. The Labute approximate surface area is 89.2 Å². The largest absolute Gasteiger partial charge is 0.367 e. The number of nitrogens with one attached hydrogen (secondary N) is 2. The number of anilines is 2. The quantitative estimate of drug-likeness (QED) is 0.578. The average Bonchev–Trinajstić information content (AvgIpc) is 2.56. The number of hydrogen-bond donors (Lipinski definition) is 3. The first kappa shape index (κ1) is 9.84. The van der Waals surface area contributed by atoms with Crippen molar-refractivity contribution in [1.29, 1.82) is 0 Å².